The predicted molar refractivity (Wildman–Crippen MR) is 126 cm³/mol. The van der Waals surface area contributed by atoms with E-state index < -0.39 is 0 Å². The molecule has 0 spiro atoms. The Morgan fingerprint density at radius 1 is 1.16 bits per heavy atom. The fourth-order valence-electron chi connectivity index (χ4n) is 3.45. The number of benzene rings is 1. The molecule has 0 atom stereocenters. The normalized spacial score (nSPS) is 15.1. The van der Waals surface area contributed by atoms with Crippen LogP contribution in [0.3, 0.4) is 0 Å². The fourth-order valence-corrected chi connectivity index (χ4v) is 3.58. The molecule has 1 fully saturated rings. The Balaban J connectivity index is 1.29. The highest BCUT2D eigenvalue weighted by Crippen LogP contribution is 2.15. The van der Waals surface area contributed by atoms with E-state index in [1.54, 1.807) is 12.4 Å². The number of halogens is 1. The maximum absolute atomic E-state index is 5.90. The third-order valence-electron chi connectivity index (χ3n) is 5.22. The Kier molecular flexibility index (Phi) is 9.17. The van der Waals surface area contributed by atoms with Gasteiger partial charge in [0.25, 0.3) is 0 Å². The Morgan fingerprint density at radius 3 is 2.55 bits per heavy atom. The molecule has 0 radical (unpaired) electrons. The first-order chi connectivity index (χ1) is 15.2. The van der Waals surface area contributed by atoms with Gasteiger partial charge >= 0.3 is 0 Å². The lowest BCUT2D eigenvalue weighted by Crippen LogP contribution is -2.48. The van der Waals surface area contributed by atoms with Crippen molar-refractivity contribution in [3.63, 3.8) is 0 Å². The predicted octanol–water partition coefficient (Wildman–Crippen LogP) is 2.23. The number of nitrogens with one attached hydrogen (secondary N) is 1. The van der Waals surface area contributed by atoms with Gasteiger partial charge in [-0.1, -0.05) is 11.6 Å². The van der Waals surface area contributed by atoms with Crippen LogP contribution in [-0.2, 0) is 0 Å². The summed E-state index contributed by atoms with van der Waals surface area (Å²) in [6, 6.07) is 9.27. The first-order valence-corrected chi connectivity index (χ1v) is 11.1. The number of hydrogen-bond donors (Lipinski definition) is 1. The molecule has 1 aliphatic rings. The summed E-state index contributed by atoms with van der Waals surface area (Å²) in [5.41, 5.74) is 0. The van der Waals surface area contributed by atoms with Crippen molar-refractivity contribution in [1.29, 1.82) is 0 Å². The van der Waals surface area contributed by atoms with E-state index in [-0.39, 0.29) is 0 Å². The van der Waals surface area contributed by atoms with E-state index in [9.17, 15) is 0 Å². The van der Waals surface area contributed by atoms with E-state index >= 15 is 0 Å². The SMILES string of the molecule is CN=C(NCCCN1CCN(c2ncccn2)CC1)N(C)CCOc1ccc(Cl)cc1. The molecule has 2 aromatic rings. The molecule has 8 nitrogen and oxygen atoms in total. The third kappa shape index (κ3) is 7.56. The highest BCUT2D eigenvalue weighted by molar-refractivity contribution is 6.30. The lowest BCUT2D eigenvalue weighted by molar-refractivity contribution is 0.253. The number of ether oxygens (including phenoxy) is 1. The van der Waals surface area contributed by atoms with E-state index in [4.69, 9.17) is 16.3 Å². The number of piperazine rings is 1. The van der Waals surface area contributed by atoms with Crippen molar-refractivity contribution in [1.82, 2.24) is 25.1 Å². The summed E-state index contributed by atoms with van der Waals surface area (Å²) in [5.74, 6) is 2.53. The number of hydrogen-bond acceptors (Lipinski definition) is 6. The number of rotatable bonds is 9. The molecule has 9 heteroatoms. The van der Waals surface area contributed by atoms with E-state index in [0.717, 1.165) is 69.9 Å². The van der Waals surface area contributed by atoms with E-state index in [1.165, 1.54) is 0 Å². The average Bonchev–Trinajstić information content (AvgIpc) is 2.81. The first-order valence-electron chi connectivity index (χ1n) is 10.7. The van der Waals surface area contributed by atoms with Crippen LogP contribution in [0.25, 0.3) is 0 Å². The molecule has 1 saturated heterocycles. The van der Waals surface area contributed by atoms with Crippen molar-refractivity contribution in [3.8, 4) is 5.75 Å². The molecule has 1 aromatic heterocycles. The molecule has 2 heterocycles. The quantitative estimate of drug-likeness (QED) is 0.360. The van der Waals surface area contributed by atoms with Gasteiger partial charge in [0, 0.05) is 64.2 Å². The van der Waals surface area contributed by atoms with Crippen LogP contribution in [0.1, 0.15) is 6.42 Å². The van der Waals surface area contributed by atoms with Gasteiger partial charge in [0.05, 0.1) is 6.54 Å². The molecule has 31 heavy (non-hydrogen) atoms. The van der Waals surface area contributed by atoms with Crippen LogP contribution in [-0.4, -0.2) is 92.2 Å². The fraction of sp³-hybridized carbons (Fsp3) is 0.500. The van der Waals surface area contributed by atoms with Crippen LogP contribution in [0, 0.1) is 0 Å². The number of nitrogens with zero attached hydrogens (tertiary/aromatic N) is 6. The lowest BCUT2D eigenvalue weighted by Gasteiger charge is -2.34. The first kappa shape index (κ1) is 23.1. The van der Waals surface area contributed by atoms with E-state index in [0.29, 0.717) is 11.6 Å². The molecule has 0 unspecified atom stereocenters. The number of guanidine groups is 1. The number of likely N-dealkylation sites (N-methyl/N-ethyl adjacent to an activating group) is 1. The lowest BCUT2D eigenvalue weighted by atomic mass is 10.3. The van der Waals surface area contributed by atoms with Crippen LogP contribution in [0.4, 0.5) is 5.95 Å². The number of anilines is 1. The van der Waals surface area contributed by atoms with Gasteiger partial charge in [0.2, 0.25) is 5.95 Å². The molecule has 0 aliphatic carbocycles. The maximum Gasteiger partial charge on any atom is 0.225 e. The summed E-state index contributed by atoms with van der Waals surface area (Å²) in [6.45, 7) is 7.28. The van der Waals surface area contributed by atoms with Crippen LogP contribution in [0.2, 0.25) is 5.02 Å². The minimum Gasteiger partial charge on any atom is -0.492 e. The van der Waals surface area contributed by atoms with Gasteiger partial charge < -0.3 is 19.9 Å². The van der Waals surface area contributed by atoms with Crippen molar-refractivity contribution < 1.29 is 4.74 Å². The van der Waals surface area contributed by atoms with Crippen molar-refractivity contribution in [3.05, 3.63) is 47.7 Å². The molecular weight excluding hydrogens is 414 g/mol. The summed E-state index contributed by atoms with van der Waals surface area (Å²) in [5, 5.41) is 4.15. The molecule has 1 aliphatic heterocycles. The van der Waals surface area contributed by atoms with Crippen molar-refractivity contribution in [2.24, 2.45) is 4.99 Å². The summed E-state index contributed by atoms with van der Waals surface area (Å²) < 4.78 is 5.77. The minimum absolute atomic E-state index is 0.578. The zero-order valence-corrected chi connectivity index (χ0v) is 19.1. The highest BCUT2D eigenvalue weighted by atomic mass is 35.5. The second-order valence-corrected chi connectivity index (χ2v) is 7.87. The van der Waals surface area contributed by atoms with Crippen LogP contribution in [0.5, 0.6) is 5.75 Å². The van der Waals surface area contributed by atoms with Gasteiger partial charge in [-0.25, -0.2) is 9.97 Å². The Labute approximate surface area is 189 Å². The molecular formula is C22H32ClN7O. The smallest absolute Gasteiger partial charge is 0.225 e. The van der Waals surface area contributed by atoms with Gasteiger partial charge in [-0.3, -0.25) is 9.89 Å². The van der Waals surface area contributed by atoms with Crippen molar-refractivity contribution >= 4 is 23.5 Å². The molecule has 0 amide bonds. The topological polar surface area (TPSA) is 69.1 Å². The van der Waals surface area contributed by atoms with Crippen molar-refractivity contribution in [2.45, 2.75) is 6.42 Å². The van der Waals surface area contributed by atoms with Gasteiger partial charge in [0.15, 0.2) is 5.96 Å². The molecule has 3 rings (SSSR count). The molecule has 0 bridgehead atoms. The molecule has 168 valence electrons. The van der Waals surface area contributed by atoms with Crippen molar-refractivity contribution in [2.75, 3.05) is 71.4 Å². The summed E-state index contributed by atoms with van der Waals surface area (Å²) in [6.07, 6.45) is 4.66. The Hall–Kier alpha value is -2.58. The molecule has 1 aromatic carbocycles. The second-order valence-electron chi connectivity index (χ2n) is 7.43. The standard InChI is InChI=1S/C22H32ClN7O/c1-24-21(28(2)17-18-31-20-7-5-19(23)6-8-20)25-11-4-12-29-13-15-30(16-14-29)22-26-9-3-10-27-22/h3,5-10H,4,11-18H2,1-2H3,(H,24,25). The molecule has 0 saturated carbocycles. The largest absolute Gasteiger partial charge is 0.492 e. The second kappa shape index (κ2) is 12.3. The Bertz CT molecular complexity index is 795. The maximum atomic E-state index is 5.90. The zero-order chi connectivity index (χ0) is 21.9. The Morgan fingerprint density at radius 2 is 1.87 bits per heavy atom. The minimum atomic E-state index is 0.578. The summed E-state index contributed by atoms with van der Waals surface area (Å²) >= 11 is 5.90. The highest BCUT2D eigenvalue weighted by Gasteiger charge is 2.18. The van der Waals surface area contributed by atoms with Crippen LogP contribution >= 0.6 is 11.6 Å². The van der Waals surface area contributed by atoms with Gasteiger partial charge in [0.1, 0.15) is 12.4 Å². The van der Waals surface area contributed by atoms with Gasteiger partial charge in [-0.05, 0) is 43.3 Å². The number of aliphatic imine (C=N–C) groups is 1. The third-order valence-corrected chi connectivity index (χ3v) is 5.48. The molecule has 1 N–H and O–H groups in total. The number of aromatic nitrogens is 2. The van der Waals surface area contributed by atoms with Gasteiger partial charge in [-0.15, -0.1) is 0 Å². The van der Waals surface area contributed by atoms with Crippen LogP contribution in [0.15, 0.2) is 47.7 Å². The van der Waals surface area contributed by atoms with E-state index in [2.05, 4.69) is 35.0 Å². The van der Waals surface area contributed by atoms with Crippen LogP contribution < -0.4 is 15.0 Å². The monoisotopic (exact) mass is 445 g/mol. The summed E-state index contributed by atoms with van der Waals surface area (Å²) in [7, 11) is 3.83. The van der Waals surface area contributed by atoms with Gasteiger partial charge in [-0.2, -0.15) is 0 Å². The summed E-state index contributed by atoms with van der Waals surface area (Å²) in [4.78, 5) is 19.9. The van der Waals surface area contributed by atoms with E-state index in [1.807, 2.05) is 44.4 Å². The average molecular weight is 446 g/mol. The zero-order valence-electron chi connectivity index (χ0n) is 18.4.